The van der Waals surface area contributed by atoms with Gasteiger partial charge in [-0.2, -0.15) is 5.26 Å². The molecule has 0 N–H and O–H groups in total. The van der Waals surface area contributed by atoms with E-state index in [1.54, 1.807) is 41.5 Å². The number of nitriles is 1. The van der Waals surface area contributed by atoms with Gasteiger partial charge in [-0.25, -0.2) is 4.98 Å². The second-order valence-corrected chi connectivity index (χ2v) is 6.83. The summed E-state index contributed by atoms with van der Waals surface area (Å²) in [4.78, 5) is 19.9. The molecule has 0 saturated carbocycles. The van der Waals surface area contributed by atoms with Gasteiger partial charge >= 0.3 is 0 Å². The normalized spacial score (nSPS) is 10.5. The van der Waals surface area contributed by atoms with Crippen LogP contribution in [0.4, 0.5) is 0 Å². The minimum Gasteiger partial charge on any atom is -0.463 e. The maximum Gasteiger partial charge on any atom is 0.255 e. The molecule has 4 aromatic rings. The fourth-order valence-corrected chi connectivity index (χ4v) is 3.35. The van der Waals surface area contributed by atoms with E-state index in [4.69, 9.17) is 9.68 Å². The lowest BCUT2D eigenvalue weighted by Crippen LogP contribution is -2.31. The van der Waals surface area contributed by atoms with Gasteiger partial charge in [-0.05, 0) is 42.0 Å². The Morgan fingerprint density at radius 2 is 1.93 bits per heavy atom. The van der Waals surface area contributed by atoms with Crippen LogP contribution in [-0.4, -0.2) is 22.3 Å². The standard InChI is InChI=1S/C25H19N3O2/c1-2-13-28(17-19-11-9-18(16-26)10-12-19)25(29)21-15-23(24-8-5-14-30-24)27-22-7-4-3-6-20(21)22/h2-12,14-15H,1,13,17H2. The first-order valence-corrected chi connectivity index (χ1v) is 9.52. The summed E-state index contributed by atoms with van der Waals surface area (Å²) in [7, 11) is 0. The van der Waals surface area contributed by atoms with E-state index in [1.165, 1.54) is 0 Å². The molecule has 1 amide bonds. The van der Waals surface area contributed by atoms with Crippen LogP contribution in [0, 0.1) is 11.3 Å². The predicted octanol–water partition coefficient (Wildman–Crippen LogP) is 5.19. The van der Waals surface area contributed by atoms with Crippen LogP contribution in [-0.2, 0) is 6.54 Å². The Bertz CT molecular complexity index is 1240. The molecule has 0 bridgehead atoms. The van der Waals surface area contributed by atoms with Crippen molar-refractivity contribution < 1.29 is 9.21 Å². The zero-order valence-corrected chi connectivity index (χ0v) is 16.3. The van der Waals surface area contributed by atoms with E-state index < -0.39 is 0 Å². The van der Waals surface area contributed by atoms with Crippen molar-refractivity contribution in [2.75, 3.05) is 6.54 Å². The van der Waals surface area contributed by atoms with Crippen molar-refractivity contribution in [2.24, 2.45) is 0 Å². The van der Waals surface area contributed by atoms with E-state index in [9.17, 15) is 4.79 Å². The molecular weight excluding hydrogens is 374 g/mol. The summed E-state index contributed by atoms with van der Waals surface area (Å²) in [6.07, 6.45) is 3.29. The molecule has 0 aliphatic rings. The Labute approximate surface area is 174 Å². The number of furan rings is 1. The van der Waals surface area contributed by atoms with Crippen LogP contribution in [0.3, 0.4) is 0 Å². The number of carbonyl (C=O) groups excluding carboxylic acids is 1. The van der Waals surface area contributed by atoms with Crippen LogP contribution < -0.4 is 0 Å². The van der Waals surface area contributed by atoms with E-state index in [-0.39, 0.29) is 5.91 Å². The third kappa shape index (κ3) is 3.85. The van der Waals surface area contributed by atoms with Crippen molar-refractivity contribution in [3.05, 3.63) is 102 Å². The minimum absolute atomic E-state index is 0.120. The van der Waals surface area contributed by atoms with Crippen LogP contribution in [0.2, 0.25) is 0 Å². The maximum absolute atomic E-state index is 13.6. The topological polar surface area (TPSA) is 70.1 Å². The summed E-state index contributed by atoms with van der Waals surface area (Å²) < 4.78 is 5.50. The second-order valence-electron chi connectivity index (χ2n) is 6.83. The van der Waals surface area contributed by atoms with Crippen molar-refractivity contribution in [1.29, 1.82) is 5.26 Å². The average molecular weight is 393 g/mol. The van der Waals surface area contributed by atoms with Gasteiger partial charge in [0, 0.05) is 18.5 Å². The van der Waals surface area contributed by atoms with Gasteiger partial charge in [0.2, 0.25) is 0 Å². The molecule has 0 atom stereocenters. The molecule has 0 aliphatic heterocycles. The SMILES string of the molecule is C=CCN(Cc1ccc(C#N)cc1)C(=O)c1cc(-c2ccco2)nc2ccccc12. The van der Waals surface area contributed by atoms with E-state index in [0.717, 1.165) is 16.5 Å². The lowest BCUT2D eigenvalue weighted by atomic mass is 10.0. The molecule has 0 unspecified atom stereocenters. The van der Waals surface area contributed by atoms with E-state index in [0.29, 0.717) is 35.7 Å². The van der Waals surface area contributed by atoms with Gasteiger partial charge < -0.3 is 9.32 Å². The highest BCUT2D eigenvalue weighted by molar-refractivity contribution is 6.07. The summed E-state index contributed by atoms with van der Waals surface area (Å²) in [5.41, 5.74) is 3.42. The number of hydrogen-bond donors (Lipinski definition) is 0. The van der Waals surface area contributed by atoms with Crippen LogP contribution in [0.15, 0.2) is 90.1 Å². The first-order valence-electron chi connectivity index (χ1n) is 9.52. The van der Waals surface area contributed by atoms with Crippen LogP contribution >= 0.6 is 0 Å². The van der Waals surface area contributed by atoms with Gasteiger partial charge in [-0.1, -0.05) is 36.4 Å². The number of benzene rings is 2. The summed E-state index contributed by atoms with van der Waals surface area (Å²) >= 11 is 0. The number of aromatic nitrogens is 1. The molecule has 2 aromatic carbocycles. The van der Waals surface area contributed by atoms with E-state index in [2.05, 4.69) is 17.6 Å². The number of hydrogen-bond acceptors (Lipinski definition) is 4. The zero-order valence-electron chi connectivity index (χ0n) is 16.3. The lowest BCUT2D eigenvalue weighted by molar-refractivity contribution is 0.0764. The van der Waals surface area contributed by atoms with Crippen molar-refractivity contribution in [1.82, 2.24) is 9.88 Å². The number of para-hydroxylation sites is 1. The quantitative estimate of drug-likeness (QED) is 0.423. The van der Waals surface area contributed by atoms with Crippen LogP contribution in [0.1, 0.15) is 21.5 Å². The zero-order chi connectivity index (χ0) is 20.9. The molecule has 0 spiro atoms. The molecule has 5 nitrogen and oxygen atoms in total. The van der Waals surface area contributed by atoms with Crippen LogP contribution in [0.25, 0.3) is 22.4 Å². The summed E-state index contributed by atoms with van der Waals surface area (Å²) in [5, 5.41) is 9.78. The Hall–Kier alpha value is -4.17. The lowest BCUT2D eigenvalue weighted by Gasteiger charge is -2.22. The molecular formula is C25H19N3O2. The van der Waals surface area contributed by atoms with Crippen molar-refractivity contribution >= 4 is 16.8 Å². The third-order valence-electron chi connectivity index (χ3n) is 4.81. The molecule has 0 radical (unpaired) electrons. The van der Waals surface area contributed by atoms with Gasteiger partial charge in [0.15, 0.2) is 5.76 Å². The first kappa shape index (κ1) is 19.2. The monoisotopic (exact) mass is 393 g/mol. The number of fused-ring (bicyclic) bond motifs is 1. The molecule has 5 heteroatoms. The fraction of sp³-hybridized carbons (Fsp3) is 0.0800. The van der Waals surface area contributed by atoms with Gasteiger partial charge in [0.25, 0.3) is 5.91 Å². The molecule has 0 saturated heterocycles. The predicted molar refractivity (Wildman–Crippen MR) is 116 cm³/mol. The number of pyridine rings is 1. The highest BCUT2D eigenvalue weighted by Gasteiger charge is 2.20. The molecule has 146 valence electrons. The Balaban J connectivity index is 1.75. The molecule has 0 fully saturated rings. The fourth-order valence-electron chi connectivity index (χ4n) is 3.35. The molecule has 0 aliphatic carbocycles. The van der Waals surface area contributed by atoms with Crippen molar-refractivity contribution in [3.8, 4) is 17.5 Å². The summed E-state index contributed by atoms with van der Waals surface area (Å²) in [5.74, 6) is 0.489. The van der Waals surface area contributed by atoms with E-state index in [1.807, 2.05) is 42.5 Å². The molecule has 4 rings (SSSR count). The van der Waals surface area contributed by atoms with E-state index >= 15 is 0 Å². The molecule has 2 heterocycles. The van der Waals surface area contributed by atoms with Gasteiger partial charge in [0.05, 0.1) is 29.0 Å². The second kappa shape index (κ2) is 8.46. The number of amides is 1. The third-order valence-corrected chi connectivity index (χ3v) is 4.81. The molecule has 2 aromatic heterocycles. The Kier molecular flexibility index (Phi) is 5.40. The smallest absolute Gasteiger partial charge is 0.255 e. The highest BCUT2D eigenvalue weighted by atomic mass is 16.3. The van der Waals surface area contributed by atoms with Crippen molar-refractivity contribution in [3.63, 3.8) is 0 Å². The maximum atomic E-state index is 13.6. The first-order chi connectivity index (χ1) is 14.7. The summed E-state index contributed by atoms with van der Waals surface area (Å²) in [6.45, 7) is 4.60. The highest BCUT2D eigenvalue weighted by Crippen LogP contribution is 2.26. The number of rotatable bonds is 6. The van der Waals surface area contributed by atoms with Crippen LogP contribution in [0.5, 0.6) is 0 Å². The number of carbonyl (C=O) groups is 1. The Morgan fingerprint density at radius 3 is 2.63 bits per heavy atom. The van der Waals surface area contributed by atoms with Gasteiger partial charge in [-0.15, -0.1) is 6.58 Å². The minimum atomic E-state index is -0.120. The molecule has 30 heavy (non-hydrogen) atoms. The van der Waals surface area contributed by atoms with Crippen molar-refractivity contribution in [2.45, 2.75) is 6.54 Å². The van der Waals surface area contributed by atoms with Gasteiger partial charge in [0.1, 0.15) is 5.69 Å². The summed E-state index contributed by atoms with van der Waals surface area (Å²) in [6, 6.07) is 22.3. The number of nitrogens with zero attached hydrogens (tertiary/aromatic N) is 3. The average Bonchev–Trinajstić information content (AvgIpc) is 3.33. The largest absolute Gasteiger partial charge is 0.463 e. The van der Waals surface area contributed by atoms with Gasteiger partial charge in [-0.3, -0.25) is 4.79 Å². The Morgan fingerprint density at radius 1 is 1.13 bits per heavy atom.